The topological polar surface area (TPSA) is 98.8 Å². The van der Waals surface area contributed by atoms with Crippen molar-refractivity contribution in [2.75, 3.05) is 13.1 Å². The molecule has 0 unspecified atom stereocenters. The number of carboxylic acid groups (broad SMARTS) is 1. The summed E-state index contributed by atoms with van der Waals surface area (Å²) in [5.74, 6) is -1.96. The largest absolute Gasteiger partial charge is 0.545 e. The number of amides is 1. The molecule has 1 amide bonds. The predicted octanol–water partition coefficient (Wildman–Crippen LogP) is 2.02. The number of carboxylic acids is 1. The molecule has 0 aliphatic rings. The van der Waals surface area contributed by atoms with E-state index in [4.69, 9.17) is 4.74 Å². The standard InChI is InChI=1S/C15H12O4.C6H14N2O/c1-10(16)19-14-9-12(7-8-13(14)15(17)18)11-5-3-2-4-6-11;1-4-8(5-2)7-6(3)9/h2-9H,1H3,(H,17,18);4-5H2,1-3H3,(H,7,9)/p-1. The maximum atomic E-state index is 11.0. The van der Waals surface area contributed by atoms with Crippen LogP contribution in [0, 0.1) is 0 Å². The summed E-state index contributed by atoms with van der Waals surface area (Å²) in [6.07, 6.45) is 0. The first-order valence-corrected chi connectivity index (χ1v) is 8.89. The van der Waals surface area contributed by atoms with Crippen LogP contribution in [0.5, 0.6) is 5.75 Å². The number of nitrogens with zero attached hydrogens (tertiary/aromatic N) is 1. The highest BCUT2D eigenvalue weighted by atomic mass is 16.5. The van der Waals surface area contributed by atoms with Crippen LogP contribution in [-0.2, 0) is 9.59 Å². The average Bonchev–Trinajstić information content (AvgIpc) is 2.66. The van der Waals surface area contributed by atoms with Crippen molar-refractivity contribution in [3.8, 4) is 16.9 Å². The average molecular weight is 385 g/mol. The van der Waals surface area contributed by atoms with Crippen LogP contribution in [0.3, 0.4) is 0 Å². The van der Waals surface area contributed by atoms with E-state index in [-0.39, 0.29) is 17.2 Å². The molecule has 2 aromatic carbocycles. The zero-order valence-corrected chi connectivity index (χ0v) is 16.5. The summed E-state index contributed by atoms with van der Waals surface area (Å²) in [5, 5.41) is 12.8. The van der Waals surface area contributed by atoms with E-state index in [9.17, 15) is 19.5 Å². The quantitative estimate of drug-likeness (QED) is 0.464. The number of hydrogen-bond donors (Lipinski definition) is 1. The Balaban J connectivity index is 0.000000370. The fraction of sp³-hybridized carbons (Fsp3) is 0.286. The molecule has 7 nitrogen and oxygen atoms in total. The highest BCUT2D eigenvalue weighted by Crippen LogP contribution is 2.27. The first kappa shape index (κ1) is 22.9. The van der Waals surface area contributed by atoms with Gasteiger partial charge in [-0.15, -0.1) is 0 Å². The van der Waals surface area contributed by atoms with Crippen molar-refractivity contribution >= 4 is 17.8 Å². The van der Waals surface area contributed by atoms with E-state index in [1.165, 1.54) is 26.0 Å². The van der Waals surface area contributed by atoms with E-state index in [2.05, 4.69) is 5.43 Å². The second-order valence-corrected chi connectivity index (χ2v) is 5.80. The Bertz CT molecular complexity index is 802. The SMILES string of the molecule is CC(=O)Oc1cc(-c2ccccc2)ccc1C(=O)[O-].CCN(CC)NC(C)=O. The van der Waals surface area contributed by atoms with Gasteiger partial charge in [0.25, 0.3) is 0 Å². The Morgan fingerprint density at radius 1 is 0.964 bits per heavy atom. The van der Waals surface area contributed by atoms with E-state index in [1.807, 2.05) is 49.2 Å². The monoisotopic (exact) mass is 385 g/mol. The number of aromatic carboxylic acids is 1. The van der Waals surface area contributed by atoms with Crippen LogP contribution in [0.25, 0.3) is 11.1 Å². The fourth-order valence-corrected chi connectivity index (χ4v) is 2.34. The lowest BCUT2D eigenvalue weighted by Gasteiger charge is -2.17. The maximum absolute atomic E-state index is 11.0. The molecule has 0 aromatic heterocycles. The molecule has 0 saturated heterocycles. The summed E-state index contributed by atoms with van der Waals surface area (Å²) in [4.78, 5) is 32.4. The lowest BCUT2D eigenvalue weighted by Crippen LogP contribution is -2.40. The van der Waals surface area contributed by atoms with Crippen LogP contribution in [-0.4, -0.2) is 35.9 Å². The number of hydrazine groups is 1. The van der Waals surface area contributed by atoms with Crippen molar-refractivity contribution in [3.63, 3.8) is 0 Å². The van der Waals surface area contributed by atoms with Gasteiger partial charge in [0.05, 0.1) is 5.97 Å². The van der Waals surface area contributed by atoms with E-state index >= 15 is 0 Å². The number of carbonyl (C=O) groups is 3. The van der Waals surface area contributed by atoms with Gasteiger partial charge in [0, 0.05) is 32.5 Å². The molecule has 1 N–H and O–H groups in total. The summed E-state index contributed by atoms with van der Waals surface area (Å²) in [6.45, 7) is 8.44. The molecular weight excluding hydrogens is 360 g/mol. The highest BCUT2D eigenvalue weighted by molar-refractivity contribution is 5.91. The first-order valence-electron chi connectivity index (χ1n) is 8.89. The van der Waals surface area contributed by atoms with Crippen molar-refractivity contribution in [1.29, 1.82) is 0 Å². The number of benzene rings is 2. The van der Waals surface area contributed by atoms with Crippen LogP contribution >= 0.6 is 0 Å². The summed E-state index contributed by atoms with van der Waals surface area (Å²) in [7, 11) is 0. The van der Waals surface area contributed by atoms with Crippen LogP contribution in [0.1, 0.15) is 38.1 Å². The number of hydrogen-bond acceptors (Lipinski definition) is 6. The van der Waals surface area contributed by atoms with Gasteiger partial charge in [-0.25, -0.2) is 5.01 Å². The zero-order valence-electron chi connectivity index (χ0n) is 16.5. The van der Waals surface area contributed by atoms with Crippen LogP contribution < -0.4 is 15.3 Å². The molecule has 0 bridgehead atoms. The Morgan fingerprint density at radius 3 is 2.00 bits per heavy atom. The third-order valence-corrected chi connectivity index (χ3v) is 3.64. The van der Waals surface area contributed by atoms with Gasteiger partial charge in [0.15, 0.2) is 0 Å². The van der Waals surface area contributed by atoms with Gasteiger partial charge in [-0.2, -0.15) is 0 Å². The molecule has 28 heavy (non-hydrogen) atoms. The van der Waals surface area contributed by atoms with Gasteiger partial charge in [-0.1, -0.05) is 50.2 Å². The van der Waals surface area contributed by atoms with E-state index in [1.54, 1.807) is 6.07 Å². The van der Waals surface area contributed by atoms with Gasteiger partial charge in [0.1, 0.15) is 5.75 Å². The number of nitrogens with one attached hydrogen (secondary N) is 1. The zero-order chi connectivity index (χ0) is 21.1. The summed E-state index contributed by atoms with van der Waals surface area (Å²) < 4.78 is 4.91. The number of ether oxygens (including phenoxy) is 1. The van der Waals surface area contributed by atoms with Gasteiger partial charge < -0.3 is 14.6 Å². The predicted molar refractivity (Wildman–Crippen MR) is 104 cm³/mol. The second kappa shape index (κ2) is 11.5. The molecule has 0 aliphatic carbocycles. The van der Waals surface area contributed by atoms with E-state index < -0.39 is 11.9 Å². The molecule has 0 saturated carbocycles. The van der Waals surface area contributed by atoms with Crippen LogP contribution in [0.15, 0.2) is 48.5 Å². The number of carbonyl (C=O) groups excluding carboxylic acids is 3. The first-order chi connectivity index (χ1) is 13.3. The molecule has 0 aliphatic heterocycles. The highest BCUT2D eigenvalue weighted by Gasteiger charge is 2.09. The molecule has 150 valence electrons. The van der Waals surface area contributed by atoms with Gasteiger partial charge in [-0.3, -0.25) is 15.0 Å². The summed E-state index contributed by atoms with van der Waals surface area (Å²) >= 11 is 0. The molecule has 0 atom stereocenters. The lowest BCUT2D eigenvalue weighted by atomic mass is 10.0. The minimum Gasteiger partial charge on any atom is -0.545 e. The minimum absolute atomic E-state index is 0.00120. The number of esters is 1. The van der Waals surface area contributed by atoms with Crippen LogP contribution in [0.4, 0.5) is 0 Å². The molecule has 0 radical (unpaired) electrons. The number of rotatable bonds is 6. The Labute approximate surface area is 164 Å². The fourth-order valence-electron chi connectivity index (χ4n) is 2.34. The van der Waals surface area contributed by atoms with Crippen LogP contribution in [0.2, 0.25) is 0 Å². The molecule has 2 rings (SSSR count). The van der Waals surface area contributed by atoms with Crippen molar-refractivity contribution in [1.82, 2.24) is 10.4 Å². The maximum Gasteiger partial charge on any atom is 0.308 e. The van der Waals surface area contributed by atoms with Gasteiger partial charge in [-0.05, 0) is 23.3 Å². The Morgan fingerprint density at radius 2 is 1.57 bits per heavy atom. The third kappa shape index (κ3) is 7.59. The molecular formula is C21H25N2O5-. The second-order valence-electron chi connectivity index (χ2n) is 5.80. The Hall–Kier alpha value is -3.19. The van der Waals surface area contributed by atoms with Gasteiger partial charge >= 0.3 is 5.97 Å². The normalized spacial score (nSPS) is 9.89. The van der Waals surface area contributed by atoms with Gasteiger partial charge in [0.2, 0.25) is 5.91 Å². The molecule has 0 heterocycles. The van der Waals surface area contributed by atoms with Crippen molar-refractivity contribution in [2.24, 2.45) is 0 Å². The lowest BCUT2D eigenvalue weighted by molar-refractivity contribution is -0.255. The summed E-state index contributed by atoms with van der Waals surface area (Å²) in [6, 6.07) is 13.9. The molecule has 2 aromatic rings. The Kier molecular flexibility index (Phi) is 9.39. The third-order valence-electron chi connectivity index (χ3n) is 3.64. The minimum atomic E-state index is -1.38. The summed E-state index contributed by atoms with van der Waals surface area (Å²) in [5.41, 5.74) is 4.20. The van der Waals surface area contributed by atoms with Crippen molar-refractivity contribution in [3.05, 3.63) is 54.1 Å². The van der Waals surface area contributed by atoms with Crippen molar-refractivity contribution < 1.29 is 24.2 Å². The van der Waals surface area contributed by atoms with Crippen molar-refractivity contribution in [2.45, 2.75) is 27.7 Å². The van der Waals surface area contributed by atoms with E-state index in [0.29, 0.717) is 0 Å². The molecule has 0 spiro atoms. The smallest absolute Gasteiger partial charge is 0.308 e. The molecule has 0 fully saturated rings. The van der Waals surface area contributed by atoms with E-state index in [0.717, 1.165) is 24.2 Å². The molecule has 7 heteroatoms.